The Kier molecular flexibility index (Phi) is 5.78. The molecule has 7 heteroatoms. The predicted molar refractivity (Wildman–Crippen MR) is 116 cm³/mol. The Balaban J connectivity index is 1.33. The SMILES string of the molecule is Cc1nn(C)c(C)c1CCC(=O)Nc1nc2c(s1)CN(Cc1ccccc1)CC2. The molecular formula is C22H27N5OS. The highest BCUT2D eigenvalue weighted by atomic mass is 32.1. The quantitative estimate of drug-likeness (QED) is 0.675. The first-order valence-electron chi connectivity index (χ1n) is 10.0. The molecule has 1 amide bonds. The lowest BCUT2D eigenvalue weighted by Gasteiger charge is -2.25. The molecule has 0 radical (unpaired) electrons. The van der Waals surface area contributed by atoms with Gasteiger partial charge in [0, 0.05) is 50.1 Å². The number of hydrogen-bond acceptors (Lipinski definition) is 5. The first-order valence-corrected chi connectivity index (χ1v) is 10.8. The third kappa shape index (κ3) is 4.57. The molecule has 152 valence electrons. The number of thiazole rings is 1. The van der Waals surface area contributed by atoms with E-state index in [2.05, 4.69) is 44.6 Å². The van der Waals surface area contributed by atoms with Crippen molar-refractivity contribution >= 4 is 22.4 Å². The number of fused-ring (bicyclic) bond motifs is 1. The molecule has 0 aliphatic carbocycles. The summed E-state index contributed by atoms with van der Waals surface area (Å²) in [7, 11) is 1.94. The molecule has 0 spiro atoms. The fourth-order valence-electron chi connectivity index (χ4n) is 3.88. The highest BCUT2D eigenvalue weighted by molar-refractivity contribution is 7.15. The van der Waals surface area contributed by atoms with E-state index in [0.717, 1.165) is 53.8 Å². The fourth-order valence-corrected chi connectivity index (χ4v) is 4.94. The molecule has 2 aromatic heterocycles. The summed E-state index contributed by atoms with van der Waals surface area (Å²) in [5, 5.41) is 8.15. The maximum atomic E-state index is 12.5. The number of carbonyl (C=O) groups excluding carboxylic acids is 1. The summed E-state index contributed by atoms with van der Waals surface area (Å²) in [5.74, 6) is 0.0138. The molecule has 0 bridgehead atoms. The number of aryl methyl sites for hydroxylation is 2. The largest absolute Gasteiger partial charge is 0.302 e. The summed E-state index contributed by atoms with van der Waals surface area (Å²) in [5.41, 5.74) is 5.75. The number of benzene rings is 1. The van der Waals surface area contributed by atoms with Crippen molar-refractivity contribution in [2.75, 3.05) is 11.9 Å². The number of nitrogens with zero attached hydrogens (tertiary/aromatic N) is 4. The zero-order valence-electron chi connectivity index (χ0n) is 17.2. The zero-order chi connectivity index (χ0) is 20.4. The van der Waals surface area contributed by atoms with Crippen LogP contribution in [0, 0.1) is 13.8 Å². The minimum atomic E-state index is 0.0138. The van der Waals surface area contributed by atoms with Crippen LogP contribution < -0.4 is 5.32 Å². The third-order valence-corrected chi connectivity index (χ3v) is 6.56. The van der Waals surface area contributed by atoms with Gasteiger partial charge >= 0.3 is 0 Å². The summed E-state index contributed by atoms with van der Waals surface area (Å²) in [6.45, 7) is 6.88. The molecule has 1 aliphatic rings. The molecule has 3 heterocycles. The van der Waals surface area contributed by atoms with Crippen molar-refractivity contribution in [3.05, 3.63) is 63.4 Å². The Bertz CT molecular complexity index is 1010. The van der Waals surface area contributed by atoms with E-state index in [0.29, 0.717) is 12.8 Å². The Labute approximate surface area is 175 Å². The molecule has 1 N–H and O–H groups in total. The summed E-state index contributed by atoms with van der Waals surface area (Å²) in [6, 6.07) is 10.5. The van der Waals surface area contributed by atoms with Crippen molar-refractivity contribution in [2.45, 2.75) is 46.2 Å². The van der Waals surface area contributed by atoms with Gasteiger partial charge in [-0.1, -0.05) is 30.3 Å². The van der Waals surface area contributed by atoms with Crippen LogP contribution in [0.4, 0.5) is 5.13 Å². The van der Waals surface area contributed by atoms with E-state index in [-0.39, 0.29) is 5.91 Å². The van der Waals surface area contributed by atoms with Crippen LogP contribution in [0.2, 0.25) is 0 Å². The molecule has 1 aliphatic heterocycles. The van der Waals surface area contributed by atoms with Crippen LogP contribution in [0.5, 0.6) is 0 Å². The fraction of sp³-hybridized carbons (Fsp3) is 0.409. The van der Waals surface area contributed by atoms with Crippen molar-refractivity contribution in [3.63, 3.8) is 0 Å². The minimum absolute atomic E-state index is 0.0138. The van der Waals surface area contributed by atoms with Gasteiger partial charge in [0.2, 0.25) is 5.91 Å². The average molecular weight is 410 g/mol. The number of hydrogen-bond donors (Lipinski definition) is 1. The van der Waals surface area contributed by atoms with Gasteiger partial charge in [-0.05, 0) is 31.4 Å². The first-order chi connectivity index (χ1) is 14.0. The van der Waals surface area contributed by atoms with Gasteiger partial charge < -0.3 is 5.32 Å². The number of aromatic nitrogens is 3. The standard InChI is InChI=1S/C22H27N5OS/c1-15-18(16(2)26(3)25-15)9-10-21(28)24-22-23-19-11-12-27(14-20(19)29-22)13-17-7-5-4-6-8-17/h4-8H,9-14H2,1-3H3,(H,23,24,28). The molecular weight excluding hydrogens is 382 g/mol. The normalized spacial score (nSPS) is 14.0. The lowest BCUT2D eigenvalue weighted by molar-refractivity contribution is -0.116. The highest BCUT2D eigenvalue weighted by Crippen LogP contribution is 2.29. The number of rotatable bonds is 6. The molecule has 0 saturated carbocycles. The van der Waals surface area contributed by atoms with E-state index in [4.69, 9.17) is 0 Å². The molecule has 0 saturated heterocycles. The predicted octanol–water partition coefficient (Wildman–Crippen LogP) is 3.62. The van der Waals surface area contributed by atoms with Gasteiger partial charge in [0.15, 0.2) is 5.13 Å². The van der Waals surface area contributed by atoms with Gasteiger partial charge in [-0.25, -0.2) is 4.98 Å². The topological polar surface area (TPSA) is 63.1 Å². The van der Waals surface area contributed by atoms with Crippen LogP contribution in [0.3, 0.4) is 0 Å². The van der Waals surface area contributed by atoms with Crippen molar-refractivity contribution < 1.29 is 4.79 Å². The molecule has 0 unspecified atom stereocenters. The summed E-state index contributed by atoms with van der Waals surface area (Å²) < 4.78 is 1.87. The molecule has 1 aromatic carbocycles. The lowest BCUT2D eigenvalue weighted by Crippen LogP contribution is -2.29. The molecule has 3 aromatic rings. The van der Waals surface area contributed by atoms with E-state index in [1.54, 1.807) is 11.3 Å². The van der Waals surface area contributed by atoms with Gasteiger partial charge in [-0.15, -0.1) is 11.3 Å². The molecule has 0 fully saturated rings. The van der Waals surface area contributed by atoms with Crippen molar-refractivity contribution in [1.82, 2.24) is 19.7 Å². The van der Waals surface area contributed by atoms with Gasteiger partial charge in [-0.2, -0.15) is 5.10 Å². The molecule has 29 heavy (non-hydrogen) atoms. The van der Waals surface area contributed by atoms with E-state index >= 15 is 0 Å². The number of nitrogens with one attached hydrogen (secondary N) is 1. The number of amides is 1. The maximum absolute atomic E-state index is 12.5. The average Bonchev–Trinajstić information content (AvgIpc) is 3.20. The van der Waals surface area contributed by atoms with Crippen LogP contribution in [0.15, 0.2) is 30.3 Å². The monoisotopic (exact) mass is 409 g/mol. The van der Waals surface area contributed by atoms with Crippen molar-refractivity contribution in [1.29, 1.82) is 0 Å². The van der Waals surface area contributed by atoms with Crippen molar-refractivity contribution in [3.8, 4) is 0 Å². The third-order valence-electron chi connectivity index (χ3n) is 5.57. The van der Waals surface area contributed by atoms with Crippen LogP contribution >= 0.6 is 11.3 Å². The Morgan fingerprint density at radius 1 is 1.24 bits per heavy atom. The summed E-state index contributed by atoms with van der Waals surface area (Å²) >= 11 is 1.61. The van der Waals surface area contributed by atoms with Crippen LogP contribution in [-0.4, -0.2) is 32.1 Å². The van der Waals surface area contributed by atoms with Crippen LogP contribution in [0.25, 0.3) is 0 Å². The van der Waals surface area contributed by atoms with Crippen molar-refractivity contribution in [2.24, 2.45) is 7.05 Å². The number of carbonyl (C=O) groups is 1. The Morgan fingerprint density at radius 2 is 2.03 bits per heavy atom. The Morgan fingerprint density at radius 3 is 2.76 bits per heavy atom. The second-order valence-electron chi connectivity index (χ2n) is 7.66. The summed E-state index contributed by atoms with van der Waals surface area (Å²) in [4.78, 5) is 20.8. The Hall–Kier alpha value is -2.51. The molecule has 0 atom stereocenters. The second-order valence-corrected chi connectivity index (χ2v) is 8.74. The second kappa shape index (κ2) is 8.47. The minimum Gasteiger partial charge on any atom is -0.302 e. The lowest BCUT2D eigenvalue weighted by atomic mass is 10.1. The first kappa shape index (κ1) is 19.8. The van der Waals surface area contributed by atoms with Crippen LogP contribution in [0.1, 0.15) is 39.5 Å². The van der Waals surface area contributed by atoms with Gasteiger partial charge in [0.25, 0.3) is 0 Å². The maximum Gasteiger partial charge on any atom is 0.226 e. The zero-order valence-corrected chi connectivity index (χ0v) is 18.1. The summed E-state index contributed by atoms with van der Waals surface area (Å²) in [6.07, 6.45) is 2.08. The van der Waals surface area contributed by atoms with E-state index < -0.39 is 0 Å². The molecule has 6 nitrogen and oxygen atoms in total. The number of anilines is 1. The van der Waals surface area contributed by atoms with Crippen LogP contribution in [-0.2, 0) is 37.8 Å². The smallest absolute Gasteiger partial charge is 0.226 e. The van der Waals surface area contributed by atoms with E-state index in [1.165, 1.54) is 10.4 Å². The van der Waals surface area contributed by atoms with E-state index in [9.17, 15) is 4.79 Å². The van der Waals surface area contributed by atoms with E-state index in [1.807, 2.05) is 31.6 Å². The molecule has 4 rings (SSSR count). The highest BCUT2D eigenvalue weighted by Gasteiger charge is 2.21. The van der Waals surface area contributed by atoms with Gasteiger partial charge in [0.1, 0.15) is 0 Å². The van der Waals surface area contributed by atoms with Gasteiger partial charge in [-0.3, -0.25) is 14.4 Å². The van der Waals surface area contributed by atoms with Gasteiger partial charge in [0.05, 0.1) is 11.4 Å².